The van der Waals surface area contributed by atoms with Crippen molar-refractivity contribution >= 4 is 41.3 Å². The lowest BCUT2D eigenvalue weighted by Gasteiger charge is -2.43. The summed E-state index contributed by atoms with van der Waals surface area (Å²) in [7, 11) is 8.17. The molecule has 2 aliphatic rings. The number of benzene rings is 1. The molecule has 2 saturated heterocycles. The summed E-state index contributed by atoms with van der Waals surface area (Å²) in [5, 5.41) is 12.7. The number of carboxylic acid groups (broad SMARTS) is 1. The highest BCUT2D eigenvalue weighted by Gasteiger charge is 2.46. The average molecular weight is 887 g/mol. The SMILES string of the molecule is CC[C@H](C)[C@@H]([C@@H](CC(=O)N1CCC[C@H]1[C@H](OC)[C@@H](C)C(=O)N[C@@H](Cc1ccc(N)cc1)C(=O)OC)OC)N(C)[C@H](C(=O)NC(=O)[C@]1(C)CCCN1C)C(C)C.O=C(O)C(F)(F)F. The van der Waals surface area contributed by atoms with Gasteiger partial charge in [-0.2, -0.15) is 13.2 Å². The Bertz CT molecular complexity index is 1670. The van der Waals surface area contributed by atoms with Crippen molar-refractivity contribution in [1.82, 2.24) is 25.3 Å². The summed E-state index contributed by atoms with van der Waals surface area (Å²) in [5.74, 6) is -5.35. The first kappa shape index (κ1) is 53.8. The quantitative estimate of drug-likeness (QED) is 0.116. The van der Waals surface area contributed by atoms with Gasteiger partial charge < -0.3 is 35.3 Å². The lowest BCUT2D eigenvalue weighted by atomic mass is 9.87. The lowest BCUT2D eigenvalue weighted by Crippen LogP contribution is -2.61. The molecule has 0 saturated carbocycles. The summed E-state index contributed by atoms with van der Waals surface area (Å²) in [4.78, 5) is 82.7. The number of halogens is 3. The Labute approximate surface area is 363 Å². The predicted molar refractivity (Wildman–Crippen MR) is 225 cm³/mol. The van der Waals surface area contributed by atoms with E-state index in [1.807, 2.05) is 44.7 Å². The van der Waals surface area contributed by atoms with Crippen LogP contribution in [0.25, 0.3) is 0 Å². The molecule has 1 aromatic rings. The maximum atomic E-state index is 14.3. The number of nitrogens with one attached hydrogen (secondary N) is 2. The number of aliphatic carboxylic acids is 1. The largest absolute Gasteiger partial charge is 0.490 e. The molecule has 5 N–H and O–H groups in total. The number of nitrogens with two attached hydrogens (primary N) is 1. The number of anilines is 1. The van der Waals surface area contributed by atoms with Crippen LogP contribution in [0.5, 0.6) is 0 Å². The van der Waals surface area contributed by atoms with Crippen LogP contribution in [-0.2, 0) is 49.4 Å². The number of carbonyl (C=O) groups is 6. The van der Waals surface area contributed by atoms with Crippen molar-refractivity contribution in [2.45, 2.75) is 135 Å². The number of hydrogen-bond donors (Lipinski definition) is 4. The zero-order chi connectivity index (χ0) is 47.3. The molecule has 0 bridgehead atoms. The number of nitrogen functional groups attached to an aromatic ring is 1. The van der Waals surface area contributed by atoms with Crippen LogP contribution < -0.4 is 16.4 Å². The van der Waals surface area contributed by atoms with Crippen LogP contribution in [0, 0.1) is 17.8 Å². The maximum absolute atomic E-state index is 14.3. The summed E-state index contributed by atoms with van der Waals surface area (Å²) in [6.07, 6.45) is -2.34. The van der Waals surface area contributed by atoms with E-state index in [0.717, 1.165) is 31.4 Å². The standard InChI is InChI=1S/C41H68N6O8.C2HF3O2/c1-12-26(4)35(46(8)34(25(2)3)38(50)44-40(52)41(6)20-14-21-45(41)7)32(53-9)24-33(48)47-22-13-15-31(47)36(54-10)27(5)37(49)43-30(39(51)55-11)23-28-16-18-29(42)19-17-28;3-2(4,5)1(6)7/h16-19,25-27,30-32,34-36H,12-15,20-24,42H2,1-11H3,(H,43,49)(H,44,50,52);(H,6,7)/t26-,27+,30-,31-,32+,34-,35-,36+,41-;/m0./s1. The van der Waals surface area contributed by atoms with Gasteiger partial charge in [0.15, 0.2) is 0 Å². The maximum Gasteiger partial charge on any atom is 0.490 e. The van der Waals surface area contributed by atoms with Gasteiger partial charge in [0, 0.05) is 38.9 Å². The van der Waals surface area contributed by atoms with Crippen LogP contribution in [-0.4, -0.2) is 152 Å². The Hall–Kier alpha value is -4.33. The number of rotatable bonds is 19. The number of carboxylic acids is 1. The van der Waals surface area contributed by atoms with Crippen LogP contribution in [0.4, 0.5) is 18.9 Å². The highest BCUT2D eigenvalue weighted by Crippen LogP contribution is 2.31. The second kappa shape index (κ2) is 23.9. The third-order valence-electron chi connectivity index (χ3n) is 12.5. The van der Waals surface area contributed by atoms with Crippen molar-refractivity contribution in [1.29, 1.82) is 0 Å². The van der Waals surface area contributed by atoms with Crippen molar-refractivity contribution < 1.29 is 61.3 Å². The minimum atomic E-state index is -5.08. The van der Waals surface area contributed by atoms with Crippen LogP contribution in [0.2, 0.25) is 0 Å². The molecule has 4 amide bonds. The molecule has 62 heavy (non-hydrogen) atoms. The Balaban J connectivity index is 0.00000173. The first-order chi connectivity index (χ1) is 28.9. The van der Waals surface area contributed by atoms with Crippen LogP contribution >= 0.6 is 0 Å². The third kappa shape index (κ3) is 14.1. The zero-order valence-corrected chi connectivity index (χ0v) is 38.0. The van der Waals surface area contributed by atoms with E-state index in [4.69, 9.17) is 29.8 Å². The Kier molecular flexibility index (Phi) is 20.8. The molecule has 2 heterocycles. The molecule has 352 valence electrons. The number of likely N-dealkylation sites (tertiary alicyclic amines) is 2. The molecule has 16 nitrogen and oxygen atoms in total. The highest BCUT2D eigenvalue weighted by atomic mass is 19.4. The number of likely N-dealkylation sites (N-methyl/N-ethyl adjacent to an activating group) is 2. The second-order valence-electron chi connectivity index (χ2n) is 16.9. The van der Waals surface area contributed by atoms with Crippen LogP contribution in [0.15, 0.2) is 24.3 Å². The molecule has 2 fully saturated rings. The molecule has 0 aliphatic carbocycles. The zero-order valence-electron chi connectivity index (χ0n) is 38.0. The summed E-state index contributed by atoms with van der Waals surface area (Å²) in [5.41, 5.74) is 6.47. The second-order valence-corrected chi connectivity index (χ2v) is 16.9. The number of amides is 4. The van der Waals surface area contributed by atoms with Crippen LogP contribution in [0.1, 0.15) is 85.6 Å². The van der Waals surface area contributed by atoms with Gasteiger partial charge in [-0.3, -0.25) is 34.3 Å². The number of alkyl halides is 3. The normalized spacial score (nSPS) is 21.5. The van der Waals surface area contributed by atoms with Crippen molar-refractivity contribution in [2.75, 3.05) is 54.2 Å². The van der Waals surface area contributed by atoms with Gasteiger partial charge in [0.1, 0.15) is 6.04 Å². The first-order valence-corrected chi connectivity index (χ1v) is 21.1. The predicted octanol–water partition coefficient (Wildman–Crippen LogP) is 3.65. The minimum absolute atomic E-state index is 0.0341. The van der Waals surface area contributed by atoms with Gasteiger partial charge >= 0.3 is 18.1 Å². The van der Waals surface area contributed by atoms with E-state index in [2.05, 4.69) is 24.5 Å². The number of esters is 1. The lowest BCUT2D eigenvalue weighted by molar-refractivity contribution is -0.192. The highest BCUT2D eigenvalue weighted by molar-refractivity contribution is 6.02. The van der Waals surface area contributed by atoms with Crippen molar-refractivity contribution in [3.05, 3.63) is 29.8 Å². The molecule has 3 rings (SSSR count). The first-order valence-electron chi connectivity index (χ1n) is 21.1. The summed E-state index contributed by atoms with van der Waals surface area (Å²) in [6.45, 7) is 13.0. The van der Waals surface area contributed by atoms with Crippen LogP contribution in [0.3, 0.4) is 0 Å². The number of carbonyl (C=O) groups excluding carboxylic acids is 5. The van der Waals surface area contributed by atoms with E-state index < -0.39 is 59.8 Å². The number of imide groups is 1. The third-order valence-corrected chi connectivity index (χ3v) is 12.5. The fourth-order valence-corrected chi connectivity index (χ4v) is 8.57. The fourth-order valence-electron chi connectivity index (χ4n) is 8.57. The molecule has 9 atom stereocenters. The molecule has 2 aliphatic heterocycles. The van der Waals surface area contributed by atoms with E-state index in [-0.39, 0.29) is 54.5 Å². The molecule has 1 aromatic carbocycles. The Morgan fingerprint density at radius 2 is 1.58 bits per heavy atom. The van der Waals surface area contributed by atoms with Crippen molar-refractivity contribution in [3.63, 3.8) is 0 Å². The summed E-state index contributed by atoms with van der Waals surface area (Å²) in [6, 6.07) is 4.75. The van der Waals surface area contributed by atoms with E-state index in [0.29, 0.717) is 25.1 Å². The Morgan fingerprint density at radius 1 is 0.984 bits per heavy atom. The number of hydrogen-bond acceptors (Lipinski definition) is 12. The number of ether oxygens (including phenoxy) is 3. The molecule has 0 radical (unpaired) electrons. The smallest absolute Gasteiger partial charge is 0.475 e. The number of methoxy groups -OCH3 is 3. The minimum Gasteiger partial charge on any atom is -0.475 e. The van der Waals surface area contributed by atoms with Crippen molar-refractivity contribution in [3.8, 4) is 0 Å². The van der Waals surface area contributed by atoms with E-state index in [9.17, 15) is 37.1 Å². The van der Waals surface area contributed by atoms with Gasteiger partial charge in [0.25, 0.3) is 0 Å². The van der Waals surface area contributed by atoms with Gasteiger partial charge in [0.05, 0.1) is 49.3 Å². The van der Waals surface area contributed by atoms with Gasteiger partial charge in [-0.1, -0.05) is 53.2 Å². The van der Waals surface area contributed by atoms with Crippen molar-refractivity contribution in [2.24, 2.45) is 17.8 Å². The van der Waals surface area contributed by atoms with E-state index >= 15 is 0 Å². The van der Waals surface area contributed by atoms with Gasteiger partial charge in [-0.15, -0.1) is 0 Å². The van der Waals surface area contributed by atoms with Gasteiger partial charge in [0.2, 0.25) is 23.6 Å². The monoisotopic (exact) mass is 887 g/mol. The number of nitrogens with zero attached hydrogens (tertiary/aromatic N) is 3. The fraction of sp³-hybridized carbons (Fsp3) is 0.721. The van der Waals surface area contributed by atoms with Gasteiger partial charge in [-0.25, -0.2) is 9.59 Å². The molecular formula is C43H69F3N6O10. The average Bonchev–Trinajstić information content (AvgIpc) is 3.84. The molecule has 0 unspecified atom stereocenters. The molecular weight excluding hydrogens is 817 g/mol. The van der Waals surface area contributed by atoms with E-state index in [1.54, 1.807) is 43.2 Å². The molecule has 0 spiro atoms. The summed E-state index contributed by atoms with van der Waals surface area (Å²) >= 11 is 0. The molecule has 19 heteroatoms. The van der Waals surface area contributed by atoms with Gasteiger partial charge in [-0.05, 0) is 82.8 Å². The summed E-state index contributed by atoms with van der Waals surface area (Å²) < 4.78 is 48.8. The topological polar surface area (TPSA) is 210 Å². The van der Waals surface area contributed by atoms with E-state index in [1.165, 1.54) is 14.2 Å². The molecule has 0 aromatic heterocycles. The Morgan fingerprint density at radius 3 is 2.05 bits per heavy atom.